The molecular formula is C12H20O2. The molecule has 0 bridgehead atoms. The van der Waals surface area contributed by atoms with Gasteiger partial charge in [0.2, 0.25) is 0 Å². The third-order valence-corrected chi connectivity index (χ3v) is 2.96. The van der Waals surface area contributed by atoms with Crippen LogP contribution in [0.2, 0.25) is 0 Å². The molecule has 1 rings (SSSR count). The topological polar surface area (TPSA) is 40.5 Å². The van der Waals surface area contributed by atoms with Crippen LogP contribution in [0.3, 0.4) is 0 Å². The van der Waals surface area contributed by atoms with Gasteiger partial charge in [-0.15, -0.1) is 0 Å². The van der Waals surface area contributed by atoms with Gasteiger partial charge in [-0.1, -0.05) is 30.7 Å². The molecule has 1 aliphatic rings. The first kappa shape index (κ1) is 11.5. The third kappa shape index (κ3) is 2.69. The van der Waals surface area contributed by atoms with E-state index in [0.29, 0.717) is 0 Å². The van der Waals surface area contributed by atoms with Crippen molar-refractivity contribution in [3.63, 3.8) is 0 Å². The molecule has 2 heteroatoms. The van der Waals surface area contributed by atoms with Crippen molar-refractivity contribution in [2.24, 2.45) is 11.8 Å². The minimum Gasteiger partial charge on any atom is -0.389 e. The fourth-order valence-electron chi connectivity index (χ4n) is 1.84. The quantitative estimate of drug-likeness (QED) is 0.662. The maximum Gasteiger partial charge on any atom is 0.0756 e. The van der Waals surface area contributed by atoms with Crippen LogP contribution in [0, 0.1) is 11.8 Å². The average Bonchev–Trinajstić information content (AvgIpc) is 2.11. The summed E-state index contributed by atoms with van der Waals surface area (Å²) in [7, 11) is 0. The molecule has 0 aromatic rings. The zero-order valence-electron chi connectivity index (χ0n) is 9.14. The second-order valence-corrected chi connectivity index (χ2v) is 4.41. The molecule has 0 radical (unpaired) electrons. The van der Waals surface area contributed by atoms with E-state index in [4.69, 9.17) is 0 Å². The number of aliphatic hydroxyl groups is 2. The van der Waals surface area contributed by atoms with Crippen molar-refractivity contribution in [1.82, 2.24) is 0 Å². The van der Waals surface area contributed by atoms with Gasteiger partial charge in [0.15, 0.2) is 0 Å². The molecule has 0 aromatic heterocycles. The van der Waals surface area contributed by atoms with Crippen LogP contribution in [0.5, 0.6) is 0 Å². The van der Waals surface area contributed by atoms with Crippen LogP contribution in [0.4, 0.5) is 0 Å². The number of hydrogen-bond acceptors (Lipinski definition) is 2. The number of allylic oxidation sites excluding steroid dienone is 2. The first-order chi connectivity index (χ1) is 6.52. The molecule has 0 heterocycles. The Bertz CT molecular complexity index is 239. The Morgan fingerprint density at radius 2 is 1.79 bits per heavy atom. The normalized spacial score (nSPS) is 36.9. The minimum atomic E-state index is -0.413. The van der Waals surface area contributed by atoms with E-state index >= 15 is 0 Å². The predicted molar refractivity (Wildman–Crippen MR) is 57.9 cm³/mol. The summed E-state index contributed by atoms with van der Waals surface area (Å²) in [6, 6.07) is 0. The van der Waals surface area contributed by atoms with Crippen molar-refractivity contribution in [1.29, 1.82) is 0 Å². The van der Waals surface area contributed by atoms with Crippen molar-refractivity contribution in [3.05, 3.63) is 23.8 Å². The van der Waals surface area contributed by atoms with Gasteiger partial charge in [-0.05, 0) is 32.1 Å². The maximum absolute atomic E-state index is 9.74. The van der Waals surface area contributed by atoms with Crippen molar-refractivity contribution in [2.45, 2.75) is 39.4 Å². The van der Waals surface area contributed by atoms with Crippen molar-refractivity contribution in [2.75, 3.05) is 0 Å². The van der Waals surface area contributed by atoms with Gasteiger partial charge in [-0.2, -0.15) is 0 Å². The smallest absolute Gasteiger partial charge is 0.0756 e. The van der Waals surface area contributed by atoms with Gasteiger partial charge in [0.25, 0.3) is 0 Å². The van der Waals surface area contributed by atoms with Crippen LogP contribution in [0.25, 0.3) is 0 Å². The fourth-order valence-corrected chi connectivity index (χ4v) is 1.84. The van der Waals surface area contributed by atoms with E-state index in [9.17, 15) is 10.2 Å². The van der Waals surface area contributed by atoms with Crippen LogP contribution in [0.15, 0.2) is 23.8 Å². The highest BCUT2D eigenvalue weighted by Gasteiger charge is 2.30. The Hall–Kier alpha value is -0.600. The number of rotatable bonds is 2. The first-order valence-electron chi connectivity index (χ1n) is 5.20. The Morgan fingerprint density at radius 1 is 1.21 bits per heavy atom. The lowest BCUT2D eigenvalue weighted by atomic mass is 9.78. The Labute approximate surface area is 86.0 Å². The molecule has 0 aliphatic heterocycles. The third-order valence-electron chi connectivity index (χ3n) is 2.96. The van der Waals surface area contributed by atoms with Crippen molar-refractivity contribution >= 4 is 0 Å². The average molecular weight is 196 g/mol. The molecule has 14 heavy (non-hydrogen) atoms. The highest BCUT2D eigenvalue weighted by molar-refractivity contribution is 5.07. The molecule has 0 saturated heterocycles. The van der Waals surface area contributed by atoms with Gasteiger partial charge >= 0.3 is 0 Å². The van der Waals surface area contributed by atoms with E-state index in [1.165, 1.54) is 5.57 Å². The lowest BCUT2D eigenvalue weighted by Crippen LogP contribution is -2.35. The molecule has 0 fully saturated rings. The van der Waals surface area contributed by atoms with E-state index in [-0.39, 0.29) is 11.8 Å². The van der Waals surface area contributed by atoms with Gasteiger partial charge in [0, 0.05) is 0 Å². The molecule has 0 aromatic carbocycles. The van der Waals surface area contributed by atoms with Crippen molar-refractivity contribution < 1.29 is 10.2 Å². The van der Waals surface area contributed by atoms with E-state index < -0.39 is 12.2 Å². The molecule has 0 amide bonds. The highest BCUT2D eigenvalue weighted by atomic mass is 16.3. The Balaban J connectivity index is 2.66. The van der Waals surface area contributed by atoms with Crippen molar-refractivity contribution in [3.8, 4) is 0 Å². The Kier molecular flexibility index (Phi) is 3.90. The van der Waals surface area contributed by atoms with Crippen LogP contribution in [-0.2, 0) is 0 Å². The summed E-state index contributed by atoms with van der Waals surface area (Å²) >= 11 is 0. The zero-order chi connectivity index (χ0) is 10.7. The summed E-state index contributed by atoms with van der Waals surface area (Å²) in [5, 5.41) is 19.4. The summed E-state index contributed by atoms with van der Waals surface area (Å²) in [5.74, 6) is 0.274. The second-order valence-electron chi connectivity index (χ2n) is 4.41. The Morgan fingerprint density at radius 3 is 2.36 bits per heavy atom. The van der Waals surface area contributed by atoms with Crippen LogP contribution < -0.4 is 0 Å². The summed E-state index contributed by atoms with van der Waals surface area (Å²) in [6.45, 7) is 6.08. The maximum atomic E-state index is 9.74. The largest absolute Gasteiger partial charge is 0.389 e. The SMILES string of the molecule is CC(C)=CCC1C(O)C=CC(O)[C@@H]1C. The fraction of sp³-hybridized carbons (Fsp3) is 0.667. The molecule has 0 saturated carbocycles. The second kappa shape index (κ2) is 4.76. The highest BCUT2D eigenvalue weighted by Crippen LogP contribution is 2.29. The minimum absolute atomic E-state index is 0.130. The van der Waals surface area contributed by atoms with E-state index in [1.807, 2.05) is 20.8 Å². The van der Waals surface area contributed by atoms with E-state index in [1.54, 1.807) is 12.2 Å². The number of aliphatic hydroxyl groups excluding tert-OH is 2. The summed E-state index contributed by atoms with van der Waals surface area (Å²) in [6.07, 6.45) is 5.53. The zero-order valence-corrected chi connectivity index (χ0v) is 9.14. The van der Waals surface area contributed by atoms with Crippen LogP contribution in [-0.4, -0.2) is 22.4 Å². The van der Waals surface area contributed by atoms with Gasteiger partial charge < -0.3 is 10.2 Å². The standard InChI is InChI=1S/C12H20O2/c1-8(2)4-5-10-9(3)11(13)6-7-12(10)14/h4,6-7,9-14H,5H2,1-3H3/t9-,10?,11?,12?/m1/s1. The summed E-state index contributed by atoms with van der Waals surface area (Å²) < 4.78 is 0. The monoisotopic (exact) mass is 196 g/mol. The summed E-state index contributed by atoms with van der Waals surface area (Å²) in [5.41, 5.74) is 1.26. The predicted octanol–water partition coefficient (Wildman–Crippen LogP) is 1.89. The van der Waals surface area contributed by atoms with Crippen LogP contribution in [0.1, 0.15) is 27.2 Å². The van der Waals surface area contributed by atoms with Gasteiger partial charge in [0.05, 0.1) is 12.2 Å². The molecule has 2 N–H and O–H groups in total. The molecule has 4 atom stereocenters. The molecule has 3 unspecified atom stereocenters. The molecule has 0 spiro atoms. The molecule has 80 valence electrons. The molecular weight excluding hydrogens is 176 g/mol. The van der Waals surface area contributed by atoms with Crippen LogP contribution >= 0.6 is 0 Å². The lowest BCUT2D eigenvalue weighted by molar-refractivity contribution is 0.0433. The van der Waals surface area contributed by atoms with Gasteiger partial charge in [-0.25, -0.2) is 0 Å². The molecule has 1 aliphatic carbocycles. The number of hydrogen-bond donors (Lipinski definition) is 2. The van der Waals surface area contributed by atoms with Gasteiger partial charge in [-0.3, -0.25) is 0 Å². The molecule has 2 nitrogen and oxygen atoms in total. The lowest BCUT2D eigenvalue weighted by Gasteiger charge is -2.32. The van der Waals surface area contributed by atoms with E-state index in [0.717, 1.165) is 6.42 Å². The van der Waals surface area contributed by atoms with Gasteiger partial charge in [0.1, 0.15) is 0 Å². The first-order valence-corrected chi connectivity index (χ1v) is 5.20. The van der Waals surface area contributed by atoms with E-state index in [2.05, 4.69) is 6.08 Å². The summed E-state index contributed by atoms with van der Waals surface area (Å²) in [4.78, 5) is 0.